The SMILES string of the molecule is CC(C)(C)OC(=O)NCCc1ccccc1-c1ccc(N)cc1. The van der Waals surface area contributed by atoms with Crippen molar-refractivity contribution in [3.63, 3.8) is 0 Å². The Bertz CT molecular complexity index is 658. The summed E-state index contributed by atoms with van der Waals surface area (Å²) in [5.41, 5.74) is 9.46. The van der Waals surface area contributed by atoms with Crippen LogP contribution < -0.4 is 11.1 Å². The summed E-state index contributed by atoms with van der Waals surface area (Å²) < 4.78 is 5.24. The molecule has 0 aliphatic rings. The number of alkyl carbamates (subject to hydrolysis) is 1. The second kappa shape index (κ2) is 7.18. The first-order valence-electron chi connectivity index (χ1n) is 7.76. The van der Waals surface area contributed by atoms with Crippen molar-refractivity contribution < 1.29 is 9.53 Å². The first kappa shape index (κ1) is 16.9. The number of hydrogen-bond acceptors (Lipinski definition) is 3. The van der Waals surface area contributed by atoms with Crippen LogP contribution >= 0.6 is 0 Å². The van der Waals surface area contributed by atoms with Crippen molar-refractivity contribution >= 4 is 11.8 Å². The molecule has 0 aromatic heterocycles. The highest BCUT2D eigenvalue weighted by atomic mass is 16.6. The van der Waals surface area contributed by atoms with Crippen molar-refractivity contribution in [2.24, 2.45) is 0 Å². The van der Waals surface area contributed by atoms with E-state index in [0.29, 0.717) is 6.54 Å². The molecule has 4 heteroatoms. The molecule has 2 rings (SSSR count). The summed E-state index contributed by atoms with van der Waals surface area (Å²) in [6.07, 6.45) is 0.349. The maximum Gasteiger partial charge on any atom is 0.407 e. The quantitative estimate of drug-likeness (QED) is 0.839. The molecular weight excluding hydrogens is 288 g/mol. The smallest absolute Gasteiger partial charge is 0.407 e. The molecule has 0 bridgehead atoms. The molecular formula is C19H24N2O2. The molecule has 0 radical (unpaired) electrons. The number of anilines is 1. The van der Waals surface area contributed by atoms with Crippen LogP contribution in [0.25, 0.3) is 11.1 Å². The summed E-state index contributed by atoms with van der Waals surface area (Å²) in [5, 5.41) is 2.79. The molecule has 0 atom stereocenters. The number of hydrogen-bond donors (Lipinski definition) is 2. The molecule has 4 nitrogen and oxygen atoms in total. The molecule has 0 saturated heterocycles. The summed E-state index contributed by atoms with van der Waals surface area (Å²) >= 11 is 0. The van der Waals surface area contributed by atoms with Crippen LogP contribution in [0.3, 0.4) is 0 Å². The second-order valence-electron chi connectivity index (χ2n) is 6.46. The van der Waals surface area contributed by atoms with Crippen LogP contribution in [0.5, 0.6) is 0 Å². The number of nitrogen functional groups attached to an aromatic ring is 1. The predicted molar refractivity (Wildman–Crippen MR) is 94.2 cm³/mol. The molecule has 0 aliphatic heterocycles. The minimum absolute atomic E-state index is 0.387. The van der Waals surface area contributed by atoms with Gasteiger partial charge in [-0.25, -0.2) is 4.79 Å². The number of rotatable bonds is 4. The van der Waals surface area contributed by atoms with E-state index >= 15 is 0 Å². The van der Waals surface area contributed by atoms with Gasteiger partial charge in [-0.3, -0.25) is 0 Å². The van der Waals surface area contributed by atoms with Crippen molar-refractivity contribution in [1.29, 1.82) is 0 Å². The van der Waals surface area contributed by atoms with Crippen molar-refractivity contribution in [3.05, 3.63) is 54.1 Å². The van der Waals surface area contributed by atoms with Crippen LogP contribution in [0.15, 0.2) is 48.5 Å². The topological polar surface area (TPSA) is 64.3 Å². The minimum Gasteiger partial charge on any atom is -0.444 e. The van der Waals surface area contributed by atoms with E-state index < -0.39 is 5.60 Å². The molecule has 122 valence electrons. The Hall–Kier alpha value is -2.49. The van der Waals surface area contributed by atoms with Gasteiger partial charge in [0.15, 0.2) is 0 Å². The van der Waals surface area contributed by atoms with Crippen molar-refractivity contribution in [3.8, 4) is 11.1 Å². The molecule has 3 N–H and O–H groups in total. The summed E-state index contributed by atoms with van der Waals surface area (Å²) in [5.74, 6) is 0. The van der Waals surface area contributed by atoms with Gasteiger partial charge in [-0.1, -0.05) is 36.4 Å². The Morgan fingerprint density at radius 1 is 1.09 bits per heavy atom. The lowest BCUT2D eigenvalue weighted by Crippen LogP contribution is -2.33. The number of carbonyl (C=O) groups excluding carboxylic acids is 1. The third-order valence-corrected chi connectivity index (χ3v) is 3.30. The third-order valence-electron chi connectivity index (χ3n) is 3.30. The summed E-state index contributed by atoms with van der Waals surface area (Å²) in [6.45, 7) is 6.08. The highest BCUT2D eigenvalue weighted by molar-refractivity contribution is 5.70. The molecule has 0 fully saturated rings. The average molecular weight is 312 g/mol. The van der Waals surface area contributed by atoms with E-state index in [1.165, 1.54) is 5.56 Å². The fraction of sp³-hybridized carbons (Fsp3) is 0.316. The van der Waals surface area contributed by atoms with Crippen LogP contribution in [-0.4, -0.2) is 18.2 Å². The van der Waals surface area contributed by atoms with Crippen molar-refractivity contribution in [1.82, 2.24) is 5.32 Å². The van der Waals surface area contributed by atoms with Gasteiger partial charge in [-0.2, -0.15) is 0 Å². The number of ether oxygens (including phenoxy) is 1. The van der Waals surface area contributed by atoms with Crippen LogP contribution in [0, 0.1) is 0 Å². The third kappa shape index (κ3) is 5.33. The number of carbonyl (C=O) groups is 1. The first-order valence-corrected chi connectivity index (χ1v) is 7.76. The van der Waals surface area contributed by atoms with Gasteiger partial charge < -0.3 is 15.8 Å². The van der Waals surface area contributed by atoms with Crippen LogP contribution in [-0.2, 0) is 11.2 Å². The highest BCUT2D eigenvalue weighted by Gasteiger charge is 2.15. The zero-order valence-electron chi connectivity index (χ0n) is 13.9. The van der Waals surface area contributed by atoms with E-state index in [-0.39, 0.29) is 6.09 Å². The van der Waals surface area contributed by atoms with Gasteiger partial charge in [0, 0.05) is 12.2 Å². The van der Waals surface area contributed by atoms with Gasteiger partial charge in [0.1, 0.15) is 5.60 Å². The Labute approximate surface area is 137 Å². The van der Waals surface area contributed by atoms with Gasteiger partial charge in [-0.05, 0) is 56.0 Å². The molecule has 2 aromatic carbocycles. The maximum absolute atomic E-state index is 11.7. The van der Waals surface area contributed by atoms with Gasteiger partial charge in [0.05, 0.1) is 0 Å². The lowest BCUT2D eigenvalue weighted by Gasteiger charge is -2.19. The standard InChI is InChI=1S/C19H24N2O2/c1-19(2,3)23-18(22)21-13-12-14-6-4-5-7-17(14)15-8-10-16(20)11-9-15/h4-11H,12-13,20H2,1-3H3,(H,21,22). The molecule has 0 heterocycles. The molecule has 0 aliphatic carbocycles. The van der Waals surface area contributed by atoms with Gasteiger partial charge in [-0.15, -0.1) is 0 Å². The lowest BCUT2D eigenvalue weighted by atomic mass is 9.97. The van der Waals surface area contributed by atoms with E-state index in [9.17, 15) is 4.79 Å². The van der Waals surface area contributed by atoms with E-state index in [4.69, 9.17) is 10.5 Å². The van der Waals surface area contributed by atoms with E-state index in [0.717, 1.165) is 23.2 Å². The zero-order chi connectivity index (χ0) is 16.9. The number of benzene rings is 2. The largest absolute Gasteiger partial charge is 0.444 e. The zero-order valence-corrected chi connectivity index (χ0v) is 13.9. The number of nitrogens with two attached hydrogens (primary N) is 1. The van der Waals surface area contributed by atoms with Crippen molar-refractivity contribution in [2.45, 2.75) is 32.8 Å². The normalized spacial score (nSPS) is 11.1. The number of amides is 1. The van der Waals surface area contributed by atoms with Crippen LogP contribution in [0.4, 0.5) is 10.5 Å². The highest BCUT2D eigenvalue weighted by Crippen LogP contribution is 2.24. The van der Waals surface area contributed by atoms with E-state index in [1.54, 1.807) is 0 Å². The van der Waals surface area contributed by atoms with Crippen LogP contribution in [0.1, 0.15) is 26.3 Å². The Balaban J connectivity index is 2.01. The lowest BCUT2D eigenvalue weighted by molar-refractivity contribution is 0.0528. The fourth-order valence-electron chi connectivity index (χ4n) is 2.30. The van der Waals surface area contributed by atoms with Gasteiger partial charge in [0.2, 0.25) is 0 Å². The molecule has 0 unspecified atom stereocenters. The maximum atomic E-state index is 11.7. The molecule has 23 heavy (non-hydrogen) atoms. The average Bonchev–Trinajstić information content (AvgIpc) is 2.47. The van der Waals surface area contributed by atoms with Gasteiger partial charge >= 0.3 is 6.09 Å². The van der Waals surface area contributed by atoms with E-state index in [2.05, 4.69) is 17.4 Å². The molecule has 2 aromatic rings. The molecule has 0 spiro atoms. The van der Waals surface area contributed by atoms with Gasteiger partial charge in [0.25, 0.3) is 0 Å². The second-order valence-corrected chi connectivity index (χ2v) is 6.46. The molecule has 1 amide bonds. The van der Waals surface area contributed by atoms with Crippen LogP contribution in [0.2, 0.25) is 0 Å². The summed E-state index contributed by atoms with van der Waals surface area (Å²) in [7, 11) is 0. The first-order chi connectivity index (χ1) is 10.8. The van der Waals surface area contributed by atoms with Crippen molar-refractivity contribution in [2.75, 3.05) is 12.3 Å². The summed E-state index contributed by atoms with van der Waals surface area (Å²) in [4.78, 5) is 11.7. The molecule has 0 saturated carbocycles. The Morgan fingerprint density at radius 2 is 1.74 bits per heavy atom. The fourth-order valence-corrected chi connectivity index (χ4v) is 2.30. The monoisotopic (exact) mass is 312 g/mol. The number of nitrogens with one attached hydrogen (secondary N) is 1. The summed E-state index contributed by atoms with van der Waals surface area (Å²) in [6, 6.07) is 16.0. The van der Waals surface area contributed by atoms with E-state index in [1.807, 2.05) is 57.2 Å². The Kier molecular flexibility index (Phi) is 5.27. The minimum atomic E-state index is -0.480. The Morgan fingerprint density at radius 3 is 2.39 bits per heavy atom. The predicted octanol–water partition coefficient (Wildman–Crippen LogP) is 4.00.